The SMILES string of the molecule is CCC1=C[C@@](C)(CC)Nc2cccc(C#N)c21. The Hall–Kier alpha value is -1.75. The molecule has 1 N–H and O–H groups in total. The molecule has 0 spiro atoms. The zero-order valence-electron chi connectivity index (χ0n) is 10.7. The van der Waals surface area contributed by atoms with Gasteiger partial charge in [-0.15, -0.1) is 0 Å². The van der Waals surface area contributed by atoms with E-state index in [1.54, 1.807) is 0 Å². The Morgan fingerprint density at radius 3 is 2.71 bits per heavy atom. The number of nitrogens with zero attached hydrogens (tertiary/aromatic N) is 1. The van der Waals surface area contributed by atoms with Gasteiger partial charge >= 0.3 is 0 Å². The van der Waals surface area contributed by atoms with Gasteiger partial charge in [-0.1, -0.05) is 26.0 Å². The quantitative estimate of drug-likeness (QED) is 0.829. The van der Waals surface area contributed by atoms with Crippen LogP contribution in [0.3, 0.4) is 0 Å². The minimum absolute atomic E-state index is 0.00637. The van der Waals surface area contributed by atoms with Gasteiger partial charge in [-0.25, -0.2) is 0 Å². The number of anilines is 1. The molecule has 0 amide bonds. The van der Waals surface area contributed by atoms with Crippen molar-refractivity contribution in [3.63, 3.8) is 0 Å². The van der Waals surface area contributed by atoms with E-state index in [4.69, 9.17) is 0 Å². The molecule has 0 fully saturated rings. The predicted octanol–water partition coefficient (Wildman–Crippen LogP) is 3.95. The molecule has 0 unspecified atom stereocenters. The first-order chi connectivity index (χ1) is 8.13. The van der Waals surface area contributed by atoms with Gasteiger partial charge in [0.15, 0.2) is 0 Å². The molecule has 1 aromatic rings. The van der Waals surface area contributed by atoms with Crippen molar-refractivity contribution in [3.05, 3.63) is 35.4 Å². The van der Waals surface area contributed by atoms with E-state index in [0.29, 0.717) is 0 Å². The van der Waals surface area contributed by atoms with Crippen molar-refractivity contribution >= 4 is 11.3 Å². The van der Waals surface area contributed by atoms with Crippen LogP contribution < -0.4 is 5.32 Å². The molecule has 0 aromatic heterocycles. The van der Waals surface area contributed by atoms with E-state index in [1.807, 2.05) is 12.1 Å². The number of hydrogen-bond acceptors (Lipinski definition) is 2. The third kappa shape index (κ3) is 1.93. The van der Waals surface area contributed by atoms with Gasteiger partial charge in [-0.05, 0) is 37.5 Å². The first kappa shape index (κ1) is 11.7. The molecule has 1 heterocycles. The highest BCUT2D eigenvalue weighted by atomic mass is 15.0. The number of nitrogens with one attached hydrogen (secondary N) is 1. The number of rotatable bonds is 2. The summed E-state index contributed by atoms with van der Waals surface area (Å²) in [6, 6.07) is 8.18. The van der Waals surface area contributed by atoms with Gasteiger partial charge in [0.2, 0.25) is 0 Å². The second kappa shape index (κ2) is 4.25. The predicted molar refractivity (Wildman–Crippen MR) is 71.7 cm³/mol. The summed E-state index contributed by atoms with van der Waals surface area (Å²) in [5.74, 6) is 0. The molecule has 2 nitrogen and oxygen atoms in total. The standard InChI is InChI=1S/C15H18N2/c1-4-11-9-15(3,5-2)17-13-8-6-7-12(10-16)14(11)13/h6-9,17H,4-5H2,1-3H3/t15-/m1/s1. The summed E-state index contributed by atoms with van der Waals surface area (Å²) >= 11 is 0. The summed E-state index contributed by atoms with van der Waals surface area (Å²) in [6.07, 6.45) is 4.27. The molecule has 1 aliphatic rings. The minimum Gasteiger partial charge on any atom is -0.376 e. The summed E-state index contributed by atoms with van der Waals surface area (Å²) in [5, 5.41) is 12.7. The summed E-state index contributed by atoms with van der Waals surface area (Å²) in [5.41, 5.74) is 4.23. The lowest BCUT2D eigenvalue weighted by Crippen LogP contribution is -2.34. The normalized spacial score (nSPS) is 22.1. The van der Waals surface area contributed by atoms with Crippen molar-refractivity contribution in [2.75, 3.05) is 5.32 Å². The molecule has 0 saturated heterocycles. The highest BCUT2D eigenvalue weighted by Crippen LogP contribution is 2.38. The van der Waals surface area contributed by atoms with Crippen LogP contribution in [0, 0.1) is 11.3 Å². The maximum Gasteiger partial charge on any atom is 0.0998 e. The molecular weight excluding hydrogens is 208 g/mol. The van der Waals surface area contributed by atoms with E-state index < -0.39 is 0 Å². The van der Waals surface area contributed by atoms with Gasteiger partial charge in [-0.3, -0.25) is 0 Å². The lowest BCUT2D eigenvalue weighted by atomic mass is 9.84. The molecule has 17 heavy (non-hydrogen) atoms. The second-order valence-corrected chi connectivity index (χ2v) is 4.76. The van der Waals surface area contributed by atoms with Crippen LogP contribution in [0.15, 0.2) is 24.3 Å². The Morgan fingerprint density at radius 2 is 2.12 bits per heavy atom. The first-order valence-electron chi connectivity index (χ1n) is 6.17. The van der Waals surface area contributed by atoms with Crippen LogP contribution in [0.1, 0.15) is 44.7 Å². The first-order valence-corrected chi connectivity index (χ1v) is 6.17. The fraction of sp³-hybridized carbons (Fsp3) is 0.400. The van der Waals surface area contributed by atoms with Crippen LogP contribution in [0.4, 0.5) is 5.69 Å². The monoisotopic (exact) mass is 226 g/mol. The van der Waals surface area contributed by atoms with Gasteiger partial charge in [0.1, 0.15) is 0 Å². The molecule has 0 saturated carbocycles. The highest BCUT2D eigenvalue weighted by molar-refractivity contribution is 5.84. The largest absolute Gasteiger partial charge is 0.376 e. The van der Waals surface area contributed by atoms with E-state index in [9.17, 15) is 5.26 Å². The van der Waals surface area contributed by atoms with Crippen molar-refractivity contribution in [1.29, 1.82) is 5.26 Å². The second-order valence-electron chi connectivity index (χ2n) is 4.76. The van der Waals surface area contributed by atoms with Gasteiger partial charge in [-0.2, -0.15) is 5.26 Å². The van der Waals surface area contributed by atoms with Crippen molar-refractivity contribution in [2.24, 2.45) is 0 Å². The van der Waals surface area contributed by atoms with E-state index >= 15 is 0 Å². The van der Waals surface area contributed by atoms with Gasteiger partial charge in [0.25, 0.3) is 0 Å². The molecule has 1 atom stereocenters. The average Bonchev–Trinajstić information content (AvgIpc) is 2.36. The van der Waals surface area contributed by atoms with Crippen LogP contribution in [-0.2, 0) is 0 Å². The maximum absolute atomic E-state index is 9.19. The molecule has 2 heteroatoms. The molecule has 2 rings (SSSR count). The number of hydrogen-bond donors (Lipinski definition) is 1. The molecule has 0 radical (unpaired) electrons. The van der Waals surface area contributed by atoms with Gasteiger partial charge < -0.3 is 5.32 Å². The Bertz CT molecular complexity index is 508. The van der Waals surface area contributed by atoms with E-state index in [0.717, 1.165) is 29.7 Å². The number of fused-ring (bicyclic) bond motifs is 1. The van der Waals surface area contributed by atoms with Crippen LogP contribution in [0.2, 0.25) is 0 Å². The summed E-state index contributed by atoms with van der Waals surface area (Å²) < 4.78 is 0. The Kier molecular flexibility index (Phi) is 2.93. The van der Waals surface area contributed by atoms with E-state index in [1.165, 1.54) is 5.57 Å². The maximum atomic E-state index is 9.19. The summed E-state index contributed by atoms with van der Waals surface area (Å²) in [4.78, 5) is 0. The fourth-order valence-electron chi connectivity index (χ4n) is 2.37. The minimum atomic E-state index is 0.00637. The van der Waals surface area contributed by atoms with E-state index in [2.05, 4.69) is 44.3 Å². The van der Waals surface area contributed by atoms with Crippen molar-refractivity contribution in [3.8, 4) is 6.07 Å². The van der Waals surface area contributed by atoms with Gasteiger partial charge in [0.05, 0.1) is 17.2 Å². The number of benzene rings is 1. The van der Waals surface area contributed by atoms with Crippen molar-refractivity contribution in [2.45, 2.75) is 39.2 Å². The smallest absolute Gasteiger partial charge is 0.0998 e. The zero-order valence-corrected chi connectivity index (χ0v) is 10.7. The average molecular weight is 226 g/mol. The summed E-state index contributed by atoms with van der Waals surface area (Å²) in [6.45, 7) is 6.52. The topological polar surface area (TPSA) is 35.8 Å². The molecule has 1 aliphatic heterocycles. The van der Waals surface area contributed by atoms with Crippen molar-refractivity contribution < 1.29 is 0 Å². The lowest BCUT2D eigenvalue weighted by Gasteiger charge is -2.35. The molecule has 0 aliphatic carbocycles. The molecule has 0 bridgehead atoms. The zero-order chi connectivity index (χ0) is 12.5. The van der Waals surface area contributed by atoms with Crippen LogP contribution >= 0.6 is 0 Å². The number of nitriles is 1. The van der Waals surface area contributed by atoms with Crippen LogP contribution in [0.25, 0.3) is 5.57 Å². The molecule has 1 aromatic carbocycles. The highest BCUT2D eigenvalue weighted by Gasteiger charge is 2.27. The summed E-state index contributed by atoms with van der Waals surface area (Å²) in [7, 11) is 0. The Labute approximate surface area is 103 Å². The fourth-order valence-corrected chi connectivity index (χ4v) is 2.37. The van der Waals surface area contributed by atoms with Crippen LogP contribution in [-0.4, -0.2) is 5.54 Å². The van der Waals surface area contributed by atoms with Crippen LogP contribution in [0.5, 0.6) is 0 Å². The molecular formula is C15H18N2. The third-order valence-corrected chi connectivity index (χ3v) is 3.53. The lowest BCUT2D eigenvalue weighted by molar-refractivity contribution is 0.607. The van der Waals surface area contributed by atoms with Gasteiger partial charge in [0, 0.05) is 11.3 Å². The van der Waals surface area contributed by atoms with E-state index in [-0.39, 0.29) is 5.54 Å². The Balaban J connectivity index is 2.63. The van der Waals surface area contributed by atoms with Crippen molar-refractivity contribution in [1.82, 2.24) is 0 Å². The Morgan fingerprint density at radius 1 is 1.35 bits per heavy atom. The molecule has 88 valence electrons. The third-order valence-electron chi connectivity index (χ3n) is 3.53. The number of allylic oxidation sites excluding steroid dienone is 1.